The summed E-state index contributed by atoms with van der Waals surface area (Å²) in [6, 6.07) is 15.4. The molecule has 1 aliphatic heterocycles. The third-order valence-corrected chi connectivity index (χ3v) is 4.48. The minimum Gasteiger partial charge on any atom is -0.454 e. The molecule has 0 aliphatic carbocycles. The third-order valence-electron chi connectivity index (χ3n) is 4.48. The Morgan fingerprint density at radius 1 is 0.929 bits per heavy atom. The zero-order valence-corrected chi connectivity index (χ0v) is 15.2. The smallest absolute Gasteiger partial charge is 0.255 e. The van der Waals surface area contributed by atoms with E-state index in [1.54, 1.807) is 42.5 Å². The number of fused-ring (bicyclic) bond motifs is 1. The molecule has 2 heterocycles. The number of nitrogens with zero attached hydrogens (tertiary/aromatic N) is 1. The van der Waals surface area contributed by atoms with Gasteiger partial charge in [0, 0.05) is 29.3 Å². The van der Waals surface area contributed by atoms with Crippen LogP contribution in [0.1, 0.15) is 23.3 Å². The molecule has 0 saturated heterocycles. The van der Waals surface area contributed by atoms with Crippen LogP contribution in [0.25, 0.3) is 0 Å². The maximum Gasteiger partial charge on any atom is 0.255 e. The van der Waals surface area contributed by atoms with Crippen LogP contribution in [-0.2, 0) is 4.79 Å². The van der Waals surface area contributed by atoms with E-state index >= 15 is 0 Å². The maximum atomic E-state index is 12.5. The molecule has 0 radical (unpaired) electrons. The van der Waals surface area contributed by atoms with Crippen molar-refractivity contribution in [3.05, 3.63) is 72.6 Å². The molecular weight excluding hydrogens is 358 g/mol. The maximum absolute atomic E-state index is 12.5. The van der Waals surface area contributed by atoms with Crippen molar-refractivity contribution in [3.8, 4) is 11.5 Å². The van der Waals surface area contributed by atoms with Crippen molar-refractivity contribution in [1.29, 1.82) is 0 Å². The lowest BCUT2D eigenvalue weighted by Gasteiger charge is -2.14. The van der Waals surface area contributed by atoms with Crippen LogP contribution >= 0.6 is 0 Å². The summed E-state index contributed by atoms with van der Waals surface area (Å²) in [4.78, 5) is 24.9. The average molecular weight is 377 g/mol. The molecule has 1 atom stereocenters. The van der Waals surface area contributed by atoms with Gasteiger partial charge in [-0.2, -0.15) is 0 Å². The lowest BCUT2D eigenvalue weighted by Crippen LogP contribution is -2.22. The fourth-order valence-corrected chi connectivity index (χ4v) is 2.90. The number of carbonyl (C=O) groups is 2. The summed E-state index contributed by atoms with van der Waals surface area (Å²) in [5.74, 6) is 0.753. The number of amides is 2. The summed E-state index contributed by atoms with van der Waals surface area (Å²) >= 11 is 0. The standard InChI is InChI=1S/C21H19N3O4/c1-14(24-9-2-3-10-24)20(25)22-16-5-4-6-17(12-16)23-21(26)15-7-8-18-19(11-15)28-13-27-18/h2-12,14H,13H2,1H3,(H,22,25)(H,23,26). The molecule has 0 bridgehead atoms. The highest BCUT2D eigenvalue weighted by molar-refractivity contribution is 6.05. The van der Waals surface area contributed by atoms with Crippen LogP contribution < -0.4 is 20.1 Å². The van der Waals surface area contributed by atoms with Crippen molar-refractivity contribution in [3.63, 3.8) is 0 Å². The molecule has 3 aromatic rings. The Morgan fingerprint density at radius 2 is 1.64 bits per heavy atom. The molecule has 2 aromatic carbocycles. The monoisotopic (exact) mass is 377 g/mol. The van der Waals surface area contributed by atoms with Gasteiger partial charge in [0.1, 0.15) is 6.04 Å². The largest absolute Gasteiger partial charge is 0.454 e. The topological polar surface area (TPSA) is 81.6 Å². The number of carbonyl (C=O) groups excluding carboxylic acids is 2. The first-order valence-corrected chi connectivity index (χ1v) is 8.84. The number of anilines is 2. The normalized spacial score (nSPS) is 13.0. The third kappa shape index (κ3) is 3.68. The number of benzene rings is 2. The first-order valence-electron chi connectivity index (χ1n) is 8.84. The Kier molecular flexibility index (Phi) is 4.72. The van der Waals surface area contributed by atoms with E-state index in [-0.39, 0.29) is 24.6 Å². The lowest BCUT2D eigenvalue weighted by atomic mass is 10.2. The Bertz CT molecular complexity index is 1010. The molecule has 0 saturated carbocycles. The van der Waals surface area contributed by atoms with Gasteiger partial charge >= 0.3 is 0 Å². The predicted octanol–water partition coefficient (Wildman–Crippen LogP) is 3.67. The molecule has 0 fully saturated rings. The van der Waals surface area contributed by atoms with Crippen LogP contribution in [0.15, 0.2) is 67.0 Å². The van der Waals surface area contributed by atoms with Crippen LogP contribution in [0, 0.1) is 0 Å². The number of aromatic nitrogens is 1. The van der Waals surface area contributed by atoms with E-state index < -0.39 is 0 Å². The van der Waals surface area contributed by atoms with Gasteiger partial charge in [-0.05, 0) is 55.5 Å². The second-order valence-electron chi connectivity index (χ2n) is 6.40. The Hall–Kier alpha value is -3.74. The molecule has 2 amide bonds. The summed E-state index contributed by atoms with van der Waals surface area (Å²) in [7, 11) is 0. The first kappa shape index (κ1) is 17.7. The van der Waals surface area contributed by atoms with Gasteiger partial charge in [-0.3, -0.25) is 9.59 Å². The van der Waals surface area contributed by atoms with Gasteiger partial charge in [-0.25, -0.2) is 0 Å². The quantitative estimate of drug-likeness (QED) is 0.711. The molecule has 142 valence electrons. The second-order valence-corrected chi connectivity index (χ2v) is 6.40. The number of rotatable bonds is 5. The molecule has 1 aliphatic rings. The van der Waals surface area contributed by atoms with Crippen molar-refractivity contribution in [2.24, 2.45) is 0 Å². The molecular formula is C21H19N3O4. The zero-order valence-electron chi connectivity index (χ0n) is 15.2. The minimum atomic E-state index is -0.345. The van der Waals surface area contributed by atoms with Crippen LogP contribution in [-0.4, -0.2) is 23.2 Å². The van der Waals surface area contributed by atoms with E-state index in [9.17, 15) is 9.59 Å². The Morgan fingerprint density at radius 3 is 2.43 bits per heavy atom. The summed E-state index contributed by atoms with van der Waals surface area (Å²) in [6.45, 7) is 1.98. The van der Waals surface area contributed by atoms with Gasteiger partial charge in [0.15, 0.2) is 11.5 Å². The summed E-state index contributed by atoms with van der Waals surface area (Å²) in [6.07, 6.45) is 3.68. The molecule has 7 nitrogen and oxygen atoms in total. The minimum absolute atomic E-state index is 0.143. The highest BCUT2D eigenvalue weighted by Crippen LogP contribution is 2.32. The van der Waals surface area contributed by atoms with Gasteiger partial charge < -0.3 is 24.7 Å². The molecule has 4 rings (SSSR count). The molecule has 0 spiro atoms. The number of ether oxygens (including phenoxy) is 2. The van der Waals surface area contributed by atoms with Gasteiger partial charge in [0.05, 0.1) is 0 Å². The molecule has 28 heavy (non-hydrogen) atoms. The highest BCUT2D eigenvalue weighted by atomic mass is 16.7. The lowest BCUT2D eigenvalue weighted by molar-refractivity contribution is -0.118. The molecule has 2 N–H and O–H groups in total. The fraction of sp³-hybridized carbons (Fsp3) is 0.143. The van der Waals surface area contributed by atoms with Crippen LogP contribution in [0.4, 0.5) is 11.4 Å². The highest BCUT2D eigenvalue weighted by Gasteiger charge is 2.17. The van der Waals surface area contributed by atoms with E-state index in [1.807, 2.05) is 36.0 Å². The van der Waals surface area contributed by atoms with Crippen molar-refractivity contribution in [2.45, 2.75) is 13.0 Å². The Labute approximate surface area is 161 Å². The van der Waals surface area contributed by atoms with E-state index in [1.165, 1.54) is 0 Å². The van der Waals surface area contributed by atoms with Crippen molar-refractivity contribution in [1.82, 2.24) is 4.57 Å². The van der Waals surface area contributed by atoms with Gasteiger partial charge in [-0.15, -0.1) is 0 Å². The molecule has 7 heteroatoms. The van der Waals surface area contributed by atoms with Gasteiger partial charge in [-0.1, -0.05) is 6.07 Å². The van der Waals surface area contributed by atoms with Crippen LogP contribution in [0.3, 0.4) is 0 Å². The molecule has 1 unspecified atom stereocenters. The predicted molar refractivity (Wildman–Crippen MR) is 105 cm³/mol. The summed E-state index contributed by atoms with van der Waals surface area (Å²) in [5.41, 5.74) is 1.64. The van der Waals surface area contributed by atoms with Crippen molar-refractivity contribution in [2.75, 3.05) is 17.4 Å². The van der Waals surface area contributed by atoms with E-state index in [0.29, 0.717) is 28.4 Å². The number of nitrogens with one attached hydrogen (secondary N) is 2. The SMILES string of the molecule is CC(C(=O)Nc1cccc(NC(=O)c2ccc3c(c2)OCO3)c1)n1cccc1. The summed E-state index contributed by atoms with van der Waals surface area (Å²) in [5, 5.41) is 5.70. The van der Waals surface area contributed by atoms with Gasteiger partial charge in [0.2, 0.25) is 12.7 Å². The summed E-state index contributed by atoms with van der Waals surface area (Å²) < 4.78 is 12.4. The molecule has 1 aromatic heterocycles. The fourth-order valence-electron chi connectivity index (χ4n) is 2.90. The number of hydrogen-bond acceptors (Lipinski definition) is 4. The van der Waals surface area contributed by atoms with Crippen LogP contribution in [0.5, 0.6) is 11.5 Å². The second kappa shape index (κ2) is 7.48. The zero-order chi connectivity index (χ0) is 19.5. The Balaban J connectivity index is 1.43. The van der Waals surface area contributed by atoms with E-state index in [0.717, 1.165) is 0 Å². The van der Waals surface area contributed by atoms with Crippen LogP contribution in [0.2, 0.25) is 0 Å². The number of hydrogen-bond donors (Lipinski definition) is 2. The van der Waals surface area contributed by atoms with Crippen molar-refractivity contribution >= 4 is 23.2 Å². The van der Waals surface area contributed by atoms with E-state index in [2.05, 4.69) is 10.6 Å². The average Bonchev–Trinajstić information content (AvgIpc) is 3.38. The first-order chi connectivity index (χ1) is 13.6. The van der Waals surface area contributed by atoms with Crippen molar-refractivity contribution < 1.29 is 19.1 Å². The van der Waals surface area contributed by atoms with Gasteiger partial charge in [0.25, 0.3) is 5.91 Å². The van der Waals surface area contributed by atoms with E-state index in [4.69, 9.17) is 9.47 Å².